The first-order valence-corrected chi connectivity index (χ1v) is 6.27. The highest BCUT2D eigenvalue weighted by Gasteiger charge is 2.10. The van der Waals surface area contributed by atoms with Gasteiger partial charge in [-0.15, -0.1) is 0 Å². The molecule has 1 heterocycles. The van der Waals surface area contributed by atoms with Gasteiger partial charge in [-0.1, -0.05) is 0 Å². The molecular formula is C14H18N2O3. The van der Waals surface area contributed by atoms with Gasteiger partial charge in [-0.25, -0.2) is 4.79 Å². The zero-order chi connectivity index (χ0) is 13.5. The van der Waals surface area contributed by atoms with Crippen LogP contribution in [-0.2, 0) is 9.47 Å². The quantitative estimate of drug-likeness (QED) is 0.875. The van der Waals surface area contributed by atoms with Gasteiger partial charge in [0.05, 0.1) is 19.9 Å². The van der Waals surface area contributed by atoms with Gasteiger partial charge in [0.25, 0.3) is 0 Å². The molecule has 0 aromatic heterocycles. The van der Waals surface area contributed by atoms with Crippen molar-refractivity contribution in [1.82, 2.24) is 0 Å². The van der Waals surface area contributed by atoms with Gasteiger partial charge < -0.3 is 14.8 Å². The number of benzene rings is 1. The second-order valence-corrected chi connectivity index (χ2v) is 4.28. The molecule has 0 aliphatic carbocycles. The topological polar surface area (TPSA) is 59.6 Å². The maximum atomic E-state index is 11.0. The molecule has 19 heavy (non-hydrogen) atoms. The molecular weight excluding hydrogens is 244 g/mol. The Hall–Kier alpha value is -2.17. The van der Waals surface area contributed by atoms with E-state index < -0.39 is 6.09 Å². The lowest BCUT2D eigenvalue weighted by Crippen LogP contribution is -2.22. The molecule has 2 N–H and O–H groups in total. The maximum absolute atomic E-state index is 11.0. The molecule has 0 bridgehead atoms. The Morgan fingerprint density at radius 1 is 1.37 bits per heavy atom. The van der Waals surface area contributed by atoms with Crippen LogP contribution >= 0.6 is 0 Å². The minimum Gasteiger partial charge on any atom is -0.497 e. The lowest BCUT2D eigenvalue weighted by Gasteiger charge is -2.20. The van der Waals surface area contributed by atoms with Crippen molar-refractivity contribution >= 4 is 17.5 Å². The third-order valence-electron chi connectivity index (χ3n) is 2.87. The van der Waals surface area contributed by atoms with E-state index in [-0.39, 0.29) is 6.10 Å². The van der Waals surface area contributed by atoms with Gasteiger partial charge in [0.1, 0.15) is 6.10 Å². The molecule has 0 spiro atoms. The number of hydrogen-bond donors (Lipinski definition) is 2. The number of rotatable bonds is 4. The van der Waals surface area contributed by atoms with Crippen LogP contribution in [0.25, 0.3) is 0 Å². The van der Waals surface area contributed by atoms with E-state index in [4.69, 9.17) is 4.74 Å². The first-order valence-electron chi connectivity index (χ1n) is 6.27. The van der Waals surface area contributed by atoms with E-state index in [1.54, 1.807) is 6.26 Å². The Labute approximate surface area is 112 Å². The molecule has 1 aromatic carbocycles. The number of hydrogen-bond acceptors (Lipinski definition) is 4. The van der Waals surface area contributed by atoms with Gasteiger partial charge in [-0.05, 0) is 43.2 Å². The van der Waals surface area contributed by atoms with Crippen molar-refractivity contribution < 1.29 is 14.3 Å². The van der Waals surface area contributed by atoms with Crippen LogP contribution in [0.1, 0.15) is 12.8 Å². The van der Waals surface area contributed by atoms with Crippen LogP contribution in [0.15, 0.2) is 36.6 Å². The minimum atomic E-state index is -0.469. The predicted molar refractivity (Wildman–Crippen MR) is 74.2 cm³/mol. The number of carbonyl (C=O) groups excluding carboxylic acids is 1. The average molecular weight is 262 g/mol. The summed E-state index contributed by atoms with van der Waals surface area (Å²) >= 11 is 0. The Morgan fingerprint density at radius 2 is 2.11 bits per heavy atom. The van der Waals surface area contributed by atoms with Gasteiger partial charge in [-0.3, -0.25) is 5.32 Å². The van der Waals surface area contributed by atoms with Crippen molar-refractivity contribution in [3.05, 3.63) is 36.6 Å². The molecule has 1 atom stereocenters. The van der Waals surface area contributed by atoms with Crippen LogP contribution in [0.4, 0.5) is 16.2 Å². The molecule has 1 amide bonds. The summed E-state index contributed by atoms with van der Waals surface area (Å²) in [6.07, 6.45) is 5.64. The van der Waals surface area contributed by atoms with Gasteiger partial charge in [-0.2, -0.15) is 0 Å². The summed E-state index contributed by atoms with van der Waals surface area (Å²) in [6.45, 7) is 0.772. The standard InChI is InChI=1S/C14H18N2O3/c1-18-14(17)16-12-7-5-11(6-8-12)15-10-13-4-2-3-9-19-13/h3,5-9,13,15H,2,4,10H2,1H3,(H,16,17). The lowest BCUT2D eigenvalue weighted by atomic mass is 10.1. The Balaban J connectivity index is 1.81. The largest absolute Gasteiger partial charge is 0.497 e. The van der Waals surface area contributed by atoms with E-state index in [1.165, 1.54) is 7.11 Å². The third-order valence-corrected chi connectivity index (χ3v) is 2.87. The Bertz CT molecular complexity index is 443. The summed E-state index contributed by atoms with van der Waals surface area (Å²) in [4.78, 5) is 11.0. The second kappa shape index (κ2) is 6.68. The van der Waals surface area contributed by atoms with Crippen molar-refractivity contribution in [2.75, 3.05) is 24.3 Å². The number of anilines is 2. The normalized spacial score (nSPS) is 17.4. The van der Waals surface area contributed by atoms with Gasteiger partial charge in [0, 0.05) is 11.4 Å². The molecule has 0 saturated carbocycles. The monoisotopic (exact) mass is 262 g/mol. The summed E-state index contributed by atoms with van der Waals surface area (Å²) < 4.78 is 10.00. The molecule has 1 unspecified atom stereocenters. The number of methoxy groups -OCH3 is 1. The lowest BCUT2D eigenvalue weighted by molar-refractivity contribution is 0.135. The first kappa shape index (κ1) is 13.3. The number of ether oxygens (including phenoxy) is 2. The van der Waals surface area contributed by atoms with Crippen LogP contribution in [0.5, 0.6) is 0 Å². The molecule has 1 aliphatic heterocycles. The van der Waals surface area contributed by atoms with Gasteiger partial charge >= 0.3 is 6.09 Å². The summed E-state index contributed by atoms with van der Waals surface area (Å²) in [6, 6.07) is 7.45. The maximum Gasteiger partial charge on any atom is 0.411 e. The fourth-order valence-electron chi connectivity index (χ4n) is 1.81. The molecule has 1 aliphatic rings. The first-order chi connectivity index (χ1) is 9.28. The Morgan fingerprint density at radius 3 is 2.74 bits per heavy atom. The summed E-state index contributed by atoms with van der Waals surface area (Å²) in [5.41, 5.74) is 1.70. The molecule has 0 saturated heterocycles. The highest BCUT2D eigenvalue weighted by atomic mass is 16.5. The molecule has 102 valence electrons. The number of allylic oxidation sites excluding steroid dienone is 1. The van der Waals surface area contributed by atoms with E-state index >= 15 is 0 Å². The van der Waals surface area contributed by atoms with Gasteiger partial charge in [0.2, 0.25) is 0 Å². The van der Waals surface area contributed by atoms with Crippen LogP contribution in [0.3, 0.4) is 0 Å². The SMILES string of the molecule is COC(=O)Nc1ccc(NCC2CCC=CO2)cc1. The van der Waals surface area contributed by atoms with E-state index in [0.717, 1.165) is 25.1 Å². The van der Waals surface area contributed by atoms with Crippen LogP contribution in [-0.4, -0.2) is 25.9 Å². The molecule has 0 fully saturated rings. The van der Waals surface area contributed by atoms with Crippen molar-refractivity contribution in [3.8, 4) is 0 Å². The predicted octanol–water partition coefficient (Wildman–Crippen LogP) is 2.97. The fourth-order valence-corrected chi connectivity index (χ4v) is 1.81. The summed E-state index contributed by atoms with van der Waals surface area (Å²) in [5, 5.41) is 5.91. The van der Waals surface area contributed by atoms with Crippen LogP contribution in [0.2, 0.25) is 0 Å². The highest BCUT2D eigenvalue weighted by molar-refractivity contribution is 5.84. The molecule has 5 nitrogen and oxygen atoms in total. The van der Waals surface area contributed by atoms with Crippen molar-refractivity contribution in [3.63, 3.8) is 0 Å². The highest BCUT2D eigenvalue weighted by Crippen LogP contribution is 2.15. The average Bonchev–Trinajstić information content (AvgIpc) is 2.47. The summed E-state index contributed by atoms with van der Waals surface area (Å²) in [5.74, 6) is 0. The number of carbonyl (C=O) groups is 1. The smallest absolute Gasteiger partial charge is 0.411 e. The zero-order valence-corrected chi connectivity index (χ0v) is 10.9. The molecule has 1 aromatic rings. The van der Waals surface area contributed by atoms with E-state index in [1.807, 2.05) is 30.3 Å². The number of amides is 1. The van der Waals surface area contributed by atoms with Gasteiger partial charge in [0.15, 0.2) is 0 Å². The van der Waals surface area contributed by atoms with Crippen molar-refractivity contribution in [2.24, 2.45) is 0 Å². The van der Waals surface area contributed by atoms with Crippen LogP contribution < -0.4 is 10.6 Å². The Kier molecular flexibility index (Phi) is 4.66. The second-order valence-electron chi connectivity index (χ2n) is 4.28. The molecule has 2 rings (SSSR count). The van der Waals surface area contributed by atoms with E-state index in [2.05, 4.69) is 15.4 Å². The third kappa shape index (κ3) is 4.21. The molecule has 5 heteroatoms. The van der Waals surface area contributed by atoms with E-state index in [9.17, 15) is 4.79 Å². The summed E-state index contributed by atoms with van der Waals surface area (Å²) in [7, 11) is 1.34. The van der Waals surface area contributed by atoms with E-state index in [0.29, 0.717) is 5.69 Å². The minimum absolute atomic E-state index is 0.220. The number of nitrogens with one attached hydrogen (secondary N) is 2. The fraction of sp³-hybridized carbons (Fsp3) is 0.357. The molecule has 0 radical (unpaired) electrons. The van der Waals surface area contributed by atoms with Crippen LogP contribution in [0, 0.1) is 0 Å². The van der Waals surface area contributed by atoms with Crippen molar-refractivity contribution in [2.45, 2.75) is 18.9 Å². The van der Waals surface area contributed by atoms with Crippen molar-refractivity contribution in [1.29, 1.82) is 0 Å². The zero-order valence-electron chi connectivity index (χ0n) is 10.9.